The minimum Gasteiger partial charge on any atom is -0.444 e. The number of aliphatic imine (C=N–C) groups is 1. The van der Waals surface area contributed by atoms with Gasteiger partial charge in [0, 0.05) is 18.5 Å². The van der Waals surface area contributed by atoms with Gasteiger partial charge < -0.3 is 10.1 Å². The Morgan fingerprint density at radius 1 is 1.39 bits per heavy atom. The van der Waals surface area contributed by atoms with Crippen LogP contribution in [0, 0.1) is 5.92 Å². The van der Waals surface area contributed by atoms with E-state index in [9.17, 15) is 13.2 Å². The van der Waals surface area contributed by atoms with Crippen molar-refractivity contribution in [1.29, 1.82) is 0 Å². The summed E-state index contributed by atoms with van der Waals surface area (Å²) in [5.41, 5.74) is 0.863. The second-order valence-corrected chi connectivity index (χ2v) is 10.7. The maximum Gasteiger partial charge on any atom is 0.407 e. The van der Waals surface area contributed by atoms with Crippen molar-refractivity contribution >= 4 is 39.0 Å². The minimum absolute atomic E-state index is 0.00182. The van der Waals surface area contributed by atoms with Crippen LogP contribution in [0.3, 0.4) is 0 Å². The van der Waals surface area contributed by atoms with Gasteiger partial charge in [-0.1, -0.05) is 6.92 Å². The first-order valence-corrected chi connectivity index (χ1v) is 11.5. The van der Waals surface area contributed by atoms with Gasteiger partial charge in [-0.05, 0) is 69.3 Å². The maximum atomic E-state index is 12.4. The van der Waals surface area contributed by atoms with Crippen LogP contribution >= 0.6 is 12.2 Å². The van der Waals surface area contributed by atoms with E-state index in [0.717, 1.165) is 5.56 Å². The van der Waals surface area contributed by atoms with E-state index in [1.807, 2.05) is 13.0 Å². The van der Waals surface area contributed by atoms with Crippen molar-refractivity contribution in [1.82, 2.24) is 10.3 Å². The number of amides is 1. The van der Waals surface area contributed by atoms with E-state index in [4.69, 9.17) is 17.0 Å². The molecule has 0 radical (unpaired) electrons. The van der Waals surface area contributed by atoms with Crippen molar-refractivity contribution < 1.29 is 17.9 Å². The van der Waals surface area contributed by atoms with Crippen LogP contribution in [0.1, 0.15) is 52.0 Å². The Labute approximate surface area is 171 Å². The number of alkyl carbamates (subject to hydrolysis) is 1. The summed E-state index contributed by atoms with van der Waals surface area (Å²) in [7, 11) is -3.37. The second-order valence-electron chi connectivity index (χ2n) is 8.33. The van der Waals surface area contributed by atoms with E-state index in [1.54, 1.807) is 33.2 Å². The average molecular weight is 426 g/mol. The van der Waals surface area contributed by atoms with E-state index < -0.39 is 32.8 Å². The lowest BCUT2D eigenvalue weighted by molar-refractivity contribution is 0.0484. The zero-order valence-corrected chi connectivity index (χ0v) is 18.4. The third-order valence-corrected chi connectivity index (χ3v) is 6.66. The molecule has 1 aromatic rings. The molecule has 2 rings (SSSR count). The Morgan fingerprint density at radius 3 is 2.64 bits per heavy atom. The van der Waals surface area contributed by atoms with E-state index >= 15 is 0 Å². The van der Waals surface area contributed by atoms with Crippen LogP contribution in [-0.4, -0.2) is 47.8 Å². The summed E-state index contributed by atoms with van der Waals surface area (Å²) in [6.45, 7) is 7.18. The van der Waals surface area contributed by atoms with Crippen molar-refractivity contribution in [3.05, 3.63) is 24.0 Å². The lowest BCUT2D eigenvalue weighted by atomic mass is 9.75. The summed E-state index contributed by atoms with van der Waals surface area (Å²) in [5.74, 6) is -0.163. The van der Waals surface area contributed by atoms with Crippen LogP contribution in [0.15, 0.2) is 23.5 Å². The lowest BCUT2D eigenvalue weighted by Crippen LogP contribution is -2.53. The molecule has 28 heavy (non-hydrogen) atoms. The number of hydrogen-bond acceptors (Lipinski definition) is 7. The van der Waals surface area contributed by atoms with Gasteiger partial charge in [0.05, 0.1) is 22.3 Å². The smallest absolute Gasteiger partial charge is 0.407 e. The van der Waals surface area contributed by atoms with Crippen LogP contribution in [0.4, 0.5) is 10.5 Å². The van der Waals surface area contributed by atoms with Crippen LogP contribution in [0.5, 0.6) is 0 Å². The van der Waals surface area contributed by atoms with Crippen LogP contribution in [0.2, 0.25) is 0 Å². The highest BCUT2D eigenvalue weighted by Gasteiger charge is 2.43. The van der Waals surface area contributed by atoms with Crippen molar-refractivity contribution in [3.8, 4) is 0 Å². The standard InChI is InChI=1S/C19H27N3O4S2/c1-12-8-13(14-6-7-20-10-16(14)21-11-27)9-15(17(12)28(5,24)25)22-18(23)26-19(2,3)4/h6-7,10,12-13,15,17H,8-9H2,1-5H3,(H,22,23). The molecule has 1 heterocycles. The molecule has 4 atom stereocenters. The molecule has 1 saturated carbocycles. The highest BCUT2D eigenvalue weighted by molar-refractivity contribution is 7.91. The Hall–Kier alpha value is -1.83. The molecule has 1 fully saturated rings. The maximum absolute atomic E-state index is 12.4. The second kappa shape index (κ2) is 8.68. The van der Waals surface area contributed by atoms with E-state index in [1.165, 1.54) is 6.26 Å². The fourth-order valence-electron chi connectivity index (χ4n) is 3.98. The van der Waals surface area contributed by atoms with Crippen molar-refractivity contribution in [2.75, 3.05) is 6.26 Å². The van der Waals surface area contributed by atoms with Gasteiger partial charge in [0.2, 0.25) is 0 Å². The van der Waals surface area contributed by atoms with Gasteiger partial charge in [-0.25, -0.2) is 13.2 Å². The highest BCUT2D eigenvalue weighted by Crippen LogP contribution is 2.41. The number of aromatic nitrogens is 1. The third-order valence-electron chi connectivity index (χ3n) is 4.79. The minimum atomic E-state index is -3.37. The summed E-state index contributed by atoms with van der Waals surface area (Å²) >= 11 is 4.72. The number of isothiocyanates is 1. The normalized spacial score (nSPS) is 25.5. The van der Waals surface area contributed by atoms with Gasteiger partial charge in [-0.15, -0.1) is 0 Å². The van der Waals surface area contributed by atoms with Crippen LogP contribution < -0.4 is 5.32 Å². The molecule has 154 valence electrons. The molecule has 1 aromatic heterocycles. The monoisotopic (exact) mass is 425 g/mol. The first-order chi connectivity index (χ1) is 12.9. The topological polar surface area (TPSA) is 97.7 Å². The van der Waals surface area contributed by atoms with Gasteiger partial charge in [0.25, 0.3) is 0 Å². The number of thiocarbonyl (C=S) groups is 1. The van der Waals surface area contributed by atoms with E-state index in [-0.39, 0.29) is 11.8 Å². The SMILES string of the molecule is CC1CC(c2ccncc2N=C=S)CC(NC(=O)OC(C)(C)C)C1S(C)(=O)=O. The number of carbonyl (C=O) groups excluding carboxylic acids is 1. The Bertz CT molecular complexity index is 873. The molecule has 7 nitrogen and oxygen atoms in total. The summed E-state index contributed by atoms with van der Waals surface area (Å²) < 4.78 is 30.2. The van der Waals surface area contributed by atoms with Gasteiger partial charge in [-0.2, -0.15) is 4.99 Å². The molecule has 0 aliphatic heterocycles. The number of nitrogens with zero attached hydrogens (tertiary/aromatic N) is 2. The van der Waals surface area contributed by atoms with Crippen LogP contribution in [0.25, 0.3) is 0 Å². The summed E-state index contributed by atoms with van der Waals surface area (Å²) in [6, 6.07) is 1.28. The number of sulfone groups is 1. The molecular weight excluding hydrogens is 398 g/mol. The van der Waals surface area contributed by atoms with Gasteiger partial charge in [-0.3, -0.25) is 4.98 Å². The fraction of sp³-hybridized carbons (Fsp3) is 0.632. The Kier molecular flexibility index (Phi) is 6.96. The zero-order chi connectivity index (χ0) is 21.1. The molecule has 4 unspecified atom stereocenters. The van der Waals surface area contributed by atoms with Crippen molar-refractivity contribution in [3.63, 3.8) is 0 Å². The van der Waals surface area contributed by atoms with Crippen molar-refractivity contribution in [2.45, 2.75) is 63.3 Å². The Balaban J connectivity index is 2.35. The third kappa shape index (κ3) is 5.83. The summed E-state index contributed by atoms with van der Waals surface area (Å²) in [4.78, 5) is 20.5. The van der Waals surface area contributed by atoms with Crippen molar-refractivity contribution in [2.24, 2.45) is 10.9 Å². The molecule has 0 saturated heterocycles. The van der Waals surface area contributed by atoms with E-state index in [2.05, 4.69) is 20.5 Å². The molecule has 1 aliphatic carbocycles. The zero-order valence-electron chi connectivity index (χ0n) is 16.8. The molecule has 0 aromatic carbocycles. The van der Waals surface area contributed by atoms with Gasteiger partial charge in [0.1, 0.15) is 5.60 Å². The first kappa shape index (κ1) is 22.5. The number of ether oxygens (including phenoxy) is 1. The van der Waals surface area contributed by atoms with Crippen LogP contribution in [-0.2, 0) is 14.6 Å². The predicted molar refractivity (Wildman–Crippen MR) is 112 cm³/mol. The quantitative estimate of drug-likeness (QED) is 0.584. The molecule has 1 aliphatic rings. The largest absolute Gasteiger partial charge is 0.444 e. The fourth-order valence-corrected chi connectivity index (χ4v) is 5.80. The molecule has 9 heteroatoms. The molecule has 1 amide bonds. The molecule has 0 spiro atoms. The average Bonchev–Trinajstić information content (AvgIpc) is 2.52. The number of carbonyl (C=O) groups is 1. The van der Waals surface area contributed by atoms with E-state index in [0.29, 0.717) is 18.5 Å². The lowest BCUT2D eigenvalue weighted by Gasteiger charge is -2.40. The molecule has 1 N–H and O–H groups in total. The van der Waals surface area contributed by atoms with Gasteiger partial charge >= 0.3 is 6.09 Å². The molecular formula is C19H27N3O4S2. The highest BCUT2D eigenvalue weighted by atomic mass is 32.2. The number of pyridine rings is 1. The summed E-state index contributed by atoms with van der Waals surface area (Å²) in [5, 5.41) is 4.47. The predicted octanol–water partition coefficient (Wildman–Crippen LogP) is 3.64. The number of nitrogens with one attached hydrogen (secondary N) is 1. The Morgan fingerprint density at radius 2 is 2.07 bits per heavy atom. The number of hydrogen-bond donors (Lipinski definition) is 1. The van der Waals surface area contributed by atoms with Gasteiger partial charge in [0.15, 0.2) is 9.84 Å². The molecule has 0 bridgehead atoms. The first-order valence-electron chi connectivity index (χ1n) is 9.12. The summed E-state index contributed by atoms with van der Waals surface area (Å²) in [6.07, 6.45) is 4.97. The number of rotatable bonds is 4.